The maximum atomic E-state index is 13.5. The summed E-state index contributed by atoms with van der Waals surface area (Å²) in [6, 6.07) is 4.53. The van der Waals surface area contributed by atoms with E-state index in [4.69, 9.17) is 16.3 Å². The Balaban J connectivity index is 2.35. The second-order valence-corrected chi connectivity index (χ2v) is 4.54. The lowest BCUT2D eigenvalue weighted by Gasteiger charge is -2.31. The number of hydrogen-bond donors (Lipinski definition) is 2. The van der Waals surface area contributed by atoms with E-state index in [1.807, 2.05) is 0 Å². The molecule has 1 saturated heterocycles. The van der Waals surface area contributed by atoms with Gasteiger partial charge in [-0.1, -0.05) is 17.7 Å². The summed E-state index contributed by atoms with van der Waals surface area (Å²) in [6.45, 7) is 1.78. The molecule has 0 saturated carbocycles. The van der Waals surface area contributed by atoms with E-state index in [0.29, 0.717) is 18.6 Å². The van der Waals surface area contributed by atoms with Gasteiger partial charge < -0.3 is 15.2 Å². The van der Waals surface area contributed by atoms with Crippen molar-refractivity contribution in [1.29, 1.82) is 0 Å². The van der Waals surface area contributed by atoms with Crippen LogP contribution in [-0.2, 0) is 10.3 Å². The first-order valence-corrected chi connectivity index (χ1v) is 5.97. The zero-order valence-corrected chi connectivity index (χ0v) is 10.1. The van der Waals surface area contributed by atoms with Crippen molar-refractivity contribution in [2.75, 3.05) is 26.3 Å². The Morgan fingerprint density at radius 3 is 3.00 bits per heavy atom. The van der Waals surface area contributed by atoms with Crippen molar-refractivity contribution in [1.82, 2.24) is 5.32 Å². The van der Waals surface area contributed by atoms with E-state index >= 15 is 0 Å². The topological polar surface area (TPSA) is 41.5 Å². The smallest absolute Gasteiger partial charge is 0.142 e. The summed E-state index contributed by atoms with van der Waals surface area (Å²) in [4.78, 5) is 0. The highest BCUT2D eigenvalue weighted by Crippen LogP contribution is 2.31. The van der Waals surface area contributed by atoms with Crippen LogP contribution in [0.5, 0.6) is 0 Å². The number of aliphatic hydroxyl groups excluding tert-OH is 1. The Morgan fingerprint density at radius 2 is 2.29 bits per heavy atom. The van der Waals surface area contributed by atoms with Gasteiger partial charge in [0.15, 0.2) is 0 Å². The Morgan fingerprint density at radius 1 is 1.47 bits per heavy atom. The van der Waals surface area contributed by atoms with Crippen molar-refractivity contribution in [3.63, 3.8) is 0 Å². The first kappa shape index (κ1) is 12.8. The zero-order chi connectivity index (χ0) is 12.3. The predicted octanol–water partition coefficient (Wildman–Crippen LogP) is 1.68. The fraction of sp³-hybridized carbons (Fsp3) is 0.500. The number of hydrogen-bond acceptors (Lipinski definition) is 3. The average molecular weight is 260 g/mol. The van der Waals surface area contributed by atoms with E-state index < -0.39 is 11.4 Å². The fourth-order valence-corrected chi connectivity index (χ4v) is 2.15. The van der Waals surface area contributed by atoms with Crippen LogP contribution in [0.1, 0.15) is 12.0 Å². The third-order valence-corrected chi connectivity index (χ3v) is 3.37. The predicted molar refractivity (Wildman–Crippen MR) is 63.6 cm³/mol. The molecule has 1 aromatic rings. The molecule has 1 unspecified atom stereocenters. The van der Waals surface area contributed by atoms with Crippen LogP contribution in [0.25, 0.3) is 0 Å². The van der Waals surface area contributed by atoms with E-state index in [9.17, 15) is 9.50 Å². The molecule has 0 aromatic heterocycles. The Kier molecular flexibility index (Phi) is 3.99. The van der Waals surface area contributed by atoms with Crippen LogP contribution in [0, 0.1) is 5.82 Å². The minimum atomic E-state index is -0.824. The maximum Gasteiger partial charge on any atom is 0.142 e. The summed E-state index contributed by atoms with van der Waals surface area (Å²) >= 11 is 5.65. The highest BCUT2D eigenvalue weighted by molar-refractivity contribution is 6.30. The quantitative estimate of drug-likeness (QED) is 0.849. The van der Waals surface area contributed by atoms with Gasteiger partial charge in [-0.25, -0.2) is 4.39 Å². The molecular weight excluding hydrogens is 245 g/mol. The van der Waals surface area contributed by atoms with Crippen molar-refractivity contribution < 1.29 is 14.2 Å². The van der Waals surface area contributed by atoms with E-state index in [2.05, 4.69) is 5.32 Å². The Hall–Kier alpha value is -0.680. The second kappa shape index (κ2) is 5.31. The molecule has 1 aromatic carbocycles. The molecule has 1 aliphatic rings. The first-order chi connectivity index (χ1) is 8.18. The summed E-state index contributed by atoms with van der Waals surface area (Å²) < 4.78 is 19.2. The lowest BCUT2D eigenvalue weighted by atomic mass is 9.91. The number of nitrogens with one attached hydrogen (secondary N) is 1. The van der Waals surface area contributed by atoms with Crippen molar-refractivity contribution in [3.05, 3.63) is 34.6 Å². The number of ether oxygens (including phenoxy) is 1. The highest BCUT2D eigenvalue weighted by atomic mass is 35.5. The van der Waals surface area contributed by atoms with Crippen molar-refractivity contribution in [2.45, 2.75) is 12.0 Å². The van der Waals surface area contributed by atoms with Crippen LogP contribution < -0.4 is 5.32 Å². The molecule has 1 atom stereocenters. The molecule has 5 heteroatoms. The number of rotatable bonds is 2. The van der Waals surface area contributed by atoms with Gasteiger partial charge in [0.25, 0.3) is 0 Å². The number of aliphatic hydroxyl groups is 1. The molecule has 0 spiro atoms. The van der Waals surface area contributed by atoms with Gasteiger partial charge in [0.2, 0.25) is 0 Å². The summed E-state index contributed by atoms with van der Waals surface area (Å²) in [5.74, 6) is -0.488. The van der Waals surface area contributed by atoms with Crippen LogP contribution in [0.2, 0.25) is 5.02 Å². The first-order valence-electron chi connectivity index (χ1n) is 5.59. The normalized spacial score (nSPS) is 25.6. The summed E-state index contributed by atoms with van der Waals surface area (Å²) in [5, 5.41) is 12.8. The zero-order valence-electron chi connectivity index (χ0n) is 9.38. The lowest BCUT2D eigenvalue weighted by Crippen LogP contribution is -2.34. The molecule has 3 nitrogen and oxygen atoms in total. The minimum absolute atomic E-state index is 0.0774. The molecule has 0 amide bonds. The van der Waals surface area contributed by atoms with E-state index in [1.165, 1.54) is 12.1 Å². The molecule has 2 rings (SSSR count). The summed E-state index contributed by atoms with van der Waals surface area (Å²) in [6.07, 6.45) is 0.602. The molecule has 1 heterocycles. The van der Waals surface area contributed by atoms with Crippen LogP contribution in [0.3, 0.4) is 0 Å². The van der Waals surface area contributed by atoms with Gasteiger partial charge in [-0.15, -0.1) is 0 Å². The van der Waals surface area contributed by atoms with Gasteiger partial charge in [-0.3, -0.25) is 0 Å². The van der Waals surface area contributed by atoms with Gasteiger partial charge in [-0.2, -0.15) is 0 Å². The fourth-order valence-electron chi connectivity index (χ4n) is 2.03. The van der Waals surface area contributed by atoms with Gasteiger partial charge >= 0.3 is 0 Å². The van der Waals surface area contributed by atoms with Gasteiger partial charge in [0.1, 0.15) is 11.4 Å². The Bertz CT molecular complexity index is 392. The third-order valence-electron chi connectivity index (χ3n) is 3.06. The summed E-state index contributed by atoms with van der Waals surface area (Å²) in [7, 11) is 0. The molecule has 17 heavy (non-hydrogen) atoms. The standard InChI is InChI=1S/C12H15ClFNO2/c13-10-2-1-9(7-11(10)14)12(8-16)3-4-15-5-6-17-12/h1-2,7,15-16H,3-6,8H2. The van der Waals surface area contributed by atoms with E-state index in [-0.39, 0.29) is 11.6 Å². The molecule has 1 fully saturated rings. The van der Waals surface area contributed by atoms with Crippen molar-refractivity contribution in [3.8, 4) is 0 Å². The van der Waals surface area contributed by atoms with E-state index in [1.54, 1.807) is 6.07 Å². The van der Waals surface area contributed by atoms with Gasteiger partial charge in [-0.05, 0) is 30.7 Å². The molecule has 0 radical (unpaired) electrons. The van der Waals surface area contributed by atoms with Crippen LogP contribution in [0.15, 0.2) is 18.2 Å². The Labute approximate surface area is 105 Å². The van der Waals surface area contributed by atoms with Crippen LogP contribution in [0.4, 0.5) is 4.39 Å². The number of benzene rings is 1. The van der Waals surface area contributed by atoms with Crippen molar-refractivity contribution in [2.24, 2.45) is 0 Å². The molecule has 0 aliphatic carbocycles. The molecule has 2 N–H and O–H groups in total. The summed E-state index contributed by atoms with van der Waals surface area (Å²) in [5.41, 5.74) is -0.194. The maximum absolute atomic E-state index is 13.5. The molecule has 0 bridgehead atoms. The van der Waals surface area contributed by atoms with Crippen LogP contribution >= 0.6 is 11.6 Å². The van der Waals surface area contributed by atoms with Gasteiger partial charge in [0.05, 0.1) is 18.2 Å². The third kappa shape index (κ3) is 2.60. The molecule has 94 valence electrons. The minimum Gasteiger partial charge on any atom is -0.393 e. The van der Waals surface area contributed by atoms with Crippen LogP contribution in [-0.4, -0.2) is 31.4 Å². The highest BCUT2D eigenvalue weighted by Gasteiger charge is 2.34. The SMILES string of the molecule is OCC1(c2ccc(Cl)c(F)c2)CCNCCO1. The largest absolute Gasteiger partial charge is 0.393 e. The van der Waals surface area contributed by atoms with Gasteiger partial charge in [0, 0.05) is 6.54 Å². The second-order valence-electron chi connectivity index (χ2n) is 4.13. The lowest BCUT2D eigenvalue weighted by molar-refractivity contribution is -0.0792. The molecule has 1 aliphatic heterocycles. The number of halogens is 2. The van der Waals surface area contributed by atoms with Crippen molar-refractivity contribution >= 4 is 11.6 Å². The van der Waals surface area contributed by atoms with E-state index in [0.717, 1.165) is 13.1 Å². The average Bonchev–Trinajstić information content (AvgIpc) is 2.59. The molecular formula is C12H15ClFNO2. The monoisotopic (exact) mass is 259 g/mol.